The Kier molecular flexibility index (Phi) is 5.30. The molecule has 1 heterocycles. The molecule has 0 unspecified atom stereocenters. The maximum Gasteiger partial charge on any atom is 0.377 e. The monoisotopic (exact) mass is 401 g/mol. The van der Waals surface area contributed by atoms with Crippen LogP contribution in [-0.4, -0.2) is 28.0 Å². The number of hydrogen-bond donors (Lipinski definition) is 1. The lowest BCUT2D eigenvalue weighted by molar-refractivity contribution is -0.131. The number of carboxylic acids is 1. The van der Waals surface area contributed by atoms with Crippen molar-refractivity contribution in [2.75, 3.05) is 6.61 Å². The number of para-hydroxylation sites is 1. The van der Waals surface area contributed by atoms with Gasteiger partial charge < -0.3 is 14.4 Å². The molecule has 150 valence electrons. The number of carboxylic acid groups (broad SMARTS) is 1. The third-order valence-electron chi connectivity index (χ3n) is 4.97. The van der Waals surface area contributed by atoms with Crippen LogP contribution in [-0.2, 0) is 11.3 Å². The molecule has 1 aromatic heterocycles. The Morgan fingerprint density at radius 2 is 1.57 bits per heavy atom. The van der Waals surface area contributed by atoms with Gasteiger partial charge in [0.15, 0.2) is 0 Å². The second-order valence-electron chi connectivity index (χ2n) is 6.88. The summed E-state index contributed by atoms with van der Waals surface area (Å²) in [5.41, 5.74) is 0.894. The summed E-state index contributed by atoms with van der Waals surface area (Å²) in [6.45, 7) is 0.788. The number of Topliss-reactive ketones (excluding diaryl/α,β-unsaturated/α-hetero) is 1. The zero-order chi connectivity index (χ0) is 21.1. The van der Waals surface area contributed by atoms with Gasteiger partial charge in [0.1, 0.15) is 5.75 Å². The number of pyridine rings is 1. The van der Waals surface area contributed by atoms with Gasteiger partial charge in [0, 0.05) is 22.9 Å². The molecular weight excluding hydrogens is 382 g/mol. The Labute approximate surface area is 171 Å². The topological polar surface area (TPSA) is 85.6 Å². The van der Waals surface area contributed by atoms with E-state index < -0.39 is 11.8 Å². The number of ketones is 1. The zero-order valence-corrected chi connectivity index (χ0v) is 16.1. The SMILES string of the molecule is O=C(O)C(=O)c1cccc(OCCCn2c(=O)c3ccccc3c3ccccc32)c1. The Morgan fingerprint density at radius 1 is 0.867 bits per heavy atom. The van der Waals surface area contributed by atoms with E-state index in [-0.39, 0.29) is 11.1 Å². The van der Waals surface area contributed by atoms with E-state index in [1.54, 1.807) is 16.7 Å². The summed E-state index contributed by atoms with van der Waals surface area (Å²) in [7, 11) is 0. The van der Waals surface area contributed by atoms with Crippen LogP contribution in [0.15, 0.2) is 77.6 Å². The minimum atomic E-state index is -1.50. The number of aromatic nitrogens is 1. The van der Waals surface area contributed by atoms with Crippen LogP contribution in [0.5, 0.6) is 5.75 Å². The molecule has 0 spiro atoms. The number of fused-ring (bicyclic) bond motifs is 3. The smallest absolute Gasteiger partial charge is 0.377 e. The minimum absolute atomic E-state index is 0.0432. The molecule has 1 N–H and O–H groups in total. The van der Waals surface area contributed by atoms with Crippen LogP contribution in [0.4, 0.5) is 0 Å². The zero-order valence-electron chi connectivity index (χ0n) is 16.1. The van der Waals surface area contributed by atoms with Gasteiger partial charge in [-0.3, -0.25) is 9.59 Å². The van der Waals surface area contributed by atoms with Crippen LogP contribution in [0, 0.1) is 0 Å². The molecule has 0 bridgehead atoms. The van der Waals surface area contributed by atoms with E-state index >= 15 is 0 Å². The number of benzene rings is 3. The fraction of sp³-hybridized carbons (Fsp3) is 0.125. The van der Waals surface area contributed by atoms with Gasteiger partial charge in [-0.1, -0.05) is 48.5 Å². The third-order valence-corrected chi connectivity index (χ3v) is 4.97. The van der Waals surface area contributed by atoms with Gasteiger partial charge in [-0.05, 0) is 36.1 Å². The molecule has 0 atom stereocenters. The van der Waals surface area contributed by atoms with Gasteiger partial charge in [0.2, 0.25) is 0 Å². The molecule has 0 aliphatic rings. The van der Waals surface area contributed by atoms with Crippen molar-refractivity contribution < 1.29 is 19.4 Å². The van der Waals surface area contributed by atoms with Crippen molar-refractivity contribution in [2.45, 2.75) is 13.0 Å². The number of aliphatic carboxylic acids is 1. The summed E-state index contributed by atoms with van der Waals surface area (Å²) in [6, 6.07) is 21.5. The average Bonchev–Trinajstić information content (AvgIpc) is 2.78. The first-order valence-corrected chi connectivity index (χ1v) is 9.57. The second kappa shape index (κ2) is 8.21. The number of carbonyl (C=O) groups is 2. The van der Waals surface area contributed by atoms with Crippen LogP contribution in [0.2, 0.25) is 0 Å². The molecule has 30 heavy (non-hydrogen) atoms. The Bertz CT molecular complexity index is 1320. The van der Waals surface area contributed by atoms with Crippen LogP contribution in [0.3, 0.4) is 0 Å². The standard InChI is InChI=1S/C24H19NO5/c26-22(24(28)29)16-7-5-8-17(15-16)30-14-6-13-25-21-12-4-3-10-19(21)18-9-1-2-11-20(18)23(25)27/h1-5,7-12,15H,6,13-14H2,(H,28,29). The van der Waals surface area contributed by atoms with Gasteiger partial charge in [0.25, 0.3) is 11.3 Å². The predicted octanol–water partition coefficient (Wildman–Crippen LogP) is 3.89. The van der Waals surface area contributed by atoms with E-state index in [9.17, 15) is 14.4 Å². The maximum atomic E-state index is 13.0. The van der Waals surface area contributed by atoms with Crippen molar-refractivity contribution in [1.82, 2.24) is 4.57 Å². The first kappa shape index (κ1) is 19.4. The number of nitrogens with zero attached hydrogens (tertiary/aromatic N) is 1. The molecule has 6 heteroatoms. The highest BCUT2D eigenvalue weighted by atomic mass is 16.5. The van der Waals surface area contributed by atoms with Gasteiger partial charge in [-0.25, -0.2) is 4.79 Å². The van der Waals surface area contributed by atoms with Crippen LogP contribution >= 0.6 is 0 Å². The normalized spacial score (nSPS) is 10.9. The van der Waals surface area contributed by atoms with Crippen LogP contribution in [0.1, 0.15) is 16.8 Å². The molecule has 4 aromatic rings. The molecule has 0 radical (unpaired) electrons. The number of rotatable bonds is 7. The van der Waals surface area contributed by atoms with E-state index in [1.165, 1.54) is 12.1 Å². The van der Waals surface area contributed by atoms with Crippen LogP contribution in [0.25, 0.3) is 21.7 Å². The van der Waals surface area contributed by atoms with Crippen molar-refractivity contribution >= 4 is 33.4 Å². The summed E-state index contributed by atoms with van der Waals surface area (Å²) < 4.78 is 7.43. The van der Waals surface area contributed by atoms with Gasteiger partial charge in [-0.2, -0.15) is 0 Å². The van der Waals surface area contributed by atoms with Crippen molar-refractivity contribution in [2.24, 2.45) is 0 Å². The molecular formula is C24H19NO5. The fourth-order valence-corrected chi connectivity index (χ4v) is 3.58. The van der Waals surface area contributed by atoms with Crippen molar-refractivity contribution in [3.05, 3.63) is 88.7 Å². The van der Waals surface area contributed by atoms with Gasteiger partial charge in [-0.15, -0.1) is 0 Å². The molecule has 0 aliphatic heterocycles. The van der Waals surface area contributed by atoms with Gasteiger partial charge >= 0.3 is 5.97 Å². The fourth-order valence-electron chi connectivity index (χ4n) is 3.58. The number of hydrogen-bond acceptors (Lipinski definition) is 4. The maximum absolute atomic E-state index is 13.0. The summed E-state index contributed by atoms with van der Waals surface area (Å²) in [4.78, 5) is 35.4. The lowest BCUT2D eigenvalue weighted by atomic mass is 10.1. The molecule has 6 nitrogen and oxygen atoms in total. The second-order valence-corrected chi connectivity index (χ2v) is 6.88. The highest BCUT2D eigenvalue weighted by Gasteiger charge is 2.15. The van der Waals surface area contributed by atoms with Crippen LogP contribution < -0.4 is 10.3 Å². The Morgan fingerprint density at radius 3 is 2.33 bits per heavy atom. The molecule has 0 aliphatic carbocycles. The molecule has 0 amide bonds. The van der Waals surface area contributed by atoms with E-state index in [0.29, 0.717) is 30.7 Å². The lowest BCUT2D eigenvalue weighted by Crippen LogP contribution is -2.22. The summed E-state index contributed by atoms with van der Waals surface area (Å²) in [5.74, 6) is -2.07. The highest BCUT2D eigenvalue weighted by molar-refractivity contribution is 6.39. The van der Waals surface area contributed by atoms with E-state index in [0.717, 1.165) is 16.3 Å². The van der Waals surface area contributed by atoms with E-state index in [2.05, 4.69) is 0 Å². The first-order valence-electron chi connectivity index (χ1n) is 9.57. The molecule has 0 fully saturated rings. The Balaban J connectivity index is 1.53. The predicted molar refractivity (Wildman–Crippen MR) is 114 cm³/mol. The largest absolute Gasteiger partial charge is 0.494 e. The lowest BCUT2D eigenvalue weighted by Gasteiger charge is -2.13. The summed E-state index contributed by atoms with van der Waals surface area (Å²) in [5, 5.41) is 11.5. The first-order chi connectivity index (χ1) is 14.6. The molecule has 4 rings (SSSR count). The molecule has 0 saturated carbocycles. The molecule has 3 aromatic carbocycles. The quantitative estimate of drug-likeness (QED) is 0.220. The van der Waals surface area contributed by atoms with Crippen molar-refractivity contribution in [1.29, 1.82) is 0 Å². The van der Waals surface area contributed by atoms with E-state index in [4.69, 9.17) is 9.84 Å². The van der Waals surface area contributed by atoms with Crippen molar-refractivity contribution in [3.8, 4) is 5.75 Å². The number of carbonyl (C=O) groups excluding carboxylic acids is 1. The number of aryl methyl sites for hydroxylation is 1. The Hall–Kier alpha value is -3.93. The van der Waals surface area contributed by atoms with Gasteiger partial charge in [0.05, 0.1) is 12.1 Å². The van der Waals surface area contributed by atoms with Crippen molar-refractivity contribution in [3.63, 3.8) is 0 Å². The third kappa shape index (κ3) is 3.67. The molecule has 0 saturated heterocycles. The average molecular weight is 401 g/mol. The minimum Gasteiger partial charge on any atom is -0.494 e. The highest BCUT2D eigenvalue weighted by Crippen LogP contribution is 2.22. The number of ether oxygens (including phenoxy) is 1. The van der Waals surface area contributed by atoms with E-state index in [1.807, 2.05) is 48.5 Å². The summed E-state index contributed by atoms with van der Waals surface area (Å²) in [6.07, 6.45) is 0.569. The summed E-state index contributed by atoms with van der Waals surface area (Å²) >= 11 is 0.